The lowest BCUT2D eigenvalue weighted by Gasteiger charge is -2.27. The summed E-state index contributed by atoms with van der Waals surface area (Å²) in [6, 6.07) is 92.2. The molecule has 2 saturated heterocycles. The largest absolute Gasteiger partial charge is 0.101 e. The van der Waals surface area contributed by atoms with E-state index in [1.807, 2.05) is 0 Å². The van der Waals surface area contributed by atoms with Crippen LogP contribution in [0.3, 0.4) is 0 Å². The van der Waals surface area contributed by atoms with Crippen molar-refractivity contribution in [2.45, 2.75) is 36.0 Å². The van der Waals surface area contributed by atoms with Crippen LogP contribution in [0.5, 0.6) is 0 Å². The molecule has 10 aromatic rings. The lowest BCUT2D eigenvalue weighted by Crippen LogP contribution is -2.08. The summed E-state index contributed by atoms with van der Waals surface area (Å²) in [5.74, 6) is 1.97. The zero-order valence-electron chi connectivity index (χ0n) is 38.5. The highest BCUT2D eigenvalue weighted by molar-refractivity contribution is 7.57. The van der Waals surface area contributed by atoms with Crippen LogP contribution in [0.15, 0.2) is 243 Å². The van der Waals surface area contributed by atoms with Gasteiger partial charge in [0.2, 0.25) is 0 Å². The average molecular weight is 911 g/mol. The van der Waals surface area contributed by atoms with E-state index < -0.39 is 15.8 Å². The summed E-state index contributed by atoms with van der Waals surface area (Å²) >= 11 is 0. The van der Waals surface area contributed by atoms with Crippen molar-refractivity contribution < 1.29 is 0 Å². The Balaban J connectivity index is 1.09. The molecule has 0 nitrogen and oxygen atoms in total. The van der Waals surface area contributed by atoms with Crippen molar-refractivity contribution in [1.82, 2.24) is 0 Å². The molecular formula is C66H56P2. The maximum Gasteiger partial charge on any atom is -0.00503 e. The number of hydrogen-bond donors (Lipinski definition) is 0. The van der Waals surface area contributed by atoms with Gasteiger partial charge in [-0.1, -0.05) is 231 Å². The molecule has 0 aliphatic carbocycles. The molecule has 68 heavy (non-hydrogen) atoms. The fourth-order valence-electron chi connectivity index (χ4n) is 12.1. The van der Waals surface area contributed by atoms with Crippen molar-refractivity contribution in [3.05, 3.63) is 276 Å². The third-order valence-corrected chi connectivity index (χ3v) is 20.4. The van der Waals surface area contributed by atoms with Crippen LogP contribution in [-0.2, 0) is 12.3 Å². The summed E-state index contributed by atoms with van der Waals surface area (Å²) in [5, 5.41) is 5.37. The van der Waals surface area contributed by atoms with Crippen LogP contribution in [0.1, 0.15) is 57.1 Å². The van der Waals surface area contributed by atoms with Crippen molar-refractivity contribution in [3.8, 4) is 33.4 Å². The fraction of sp³-hybridized carbons (Fsp3) is 0.152. The van der Waals surface area contributed by atoms with Crippen molar-refractivity contribution >= 4 is 37.4 Å². The third kappa shape index (κ3) is 8.45. The second-order valence-corrected chi connectivity index (χ2v) is 24.0. The molecule has 4 atom stereocenters. The van der Waals surface area contributed by atoms with Gasteiger partial charge in [-0.15, -0.1) is 15.8 Å². The van der Waals surface area contributed by atoms with Gasteiger partial charge in [-0.25, -0.2) is 0 Å². The Bertz CT molecular complexity index is 2980. The molecule has 2 fully saturated rings. The fourth-order valence-corrected chi connectivity index (χ4v) is 18.5. The SMILES string of the molecule is c1ccc(-c2cc3ccccc3c(-c3c(CP4C[C@@H](c5ccccc5)[C@H](c5ccccc5)C4)c(-c4ccccc4)cc4ccccc34)c2CP2C[C@@H](c3ccccc3)[C@H](c3ccccc3)C2)cc1. The maximum atomic E-state index is 2.54. The molecule has 2 aliphatic heterocycles. The van der Waals surface area contributed by atoms with Crippen molar-refractivity contribution in [2.24, 2.45) is 0 Å². The van der Waals surface area contributed by atoms with Crippen molar-refractivity contribution in [2.75, 3.05) is 24.6 Å². The first-order chi connectivity index (χ1) is 33.7. The number of benzene rings is 10. The van der Waals surface area contributed by atoms with Crippen LogP contribution in [0.25, 0.3) is 54.9 Å². The molecule has 12 rings (SSSR count). The summed E-state index contributed by atoms with van der Waals surface area (Å²) in [5.41, 5.74) is 17.3. The Morgan fingerprint density at radius 1 is 0.294 bits per heavy atom. The summed E-state index contributed by atoms with van der Waals surface area (Å²) in [7, 11) is -0.785. The molecule has 0 spiro atoms. The average Bonchev–Trinajstić information content (AvgIpc) is 4.05. The van der Waals surface area contributed by atoms with E-state index in [1.165, 1.54) is 113 Å². The van der Waals surface area contributed by atoms with Crippen LogP contribution < -0.4 is 0 Å². The number of rotatable bonds is 11. The Morgan fingerprint density at radius 3 is 0.868 bits per heavy atom. The summed E-state index contributed by atoms with van der Waals surface area (Å²) < 4.78 is 0. The van der Waals surface area contributed by atoms with Crippen LogP contribution in [0, 0.1) is 0 Å². The van der Waals surface area contributed by atoms with Crippen LogP contribution in [0.2, 0.25) is 0 Å². The first-order valence-corrected chi connectivity index (χ1v) is 28.4. The molecule has 0 radical (unpaired) electrons. The molecule has 10 aromatic carbocycles. The zero-order valence-corrected chi connectivity index (χ0v) is 40.3. The van der Waals surface area contributed by atoms with Gasteiger partial charge in [0.25, 0.3) is 0 Å². The molecule has 330 valence electrons. The van der Waals surface area contributed by atoms with E-state index in [-0.39, 0.29) is 0 Å². The molecule has 0 aromatic heterocycles. The Kier molecular flexibility index (Phi) is 12.2. The molecule has 2 aliphatic rings. The van der Waals surface area contributed by atoms with Gasteiger partial charge < -0.3 is 0 Å². The first kappa shape index (κ1) is 42.9. The van der Waals surface area contributed by atoms with E-state index in [4.69, 9.17) is 0 Å². The highest BCUT2D eigenvalue weighted by Crippen LogP contribution is 2.62. The van der Waals surface area contributed by atoms with Crippen LogP contribution >= 0.6 is 15.8 Å². The van der Waals surface area contributed by atoms with Crippen molar-refractivity contribution in [3.63, 3.8) is 0 Å². The molecule has 2 heteroatoms. The van der Waals surface area contributed by atoms with E-state index in [9.17, 15) is 0 Å². The van der Waals surface area contributed by atoms with Gasteiger partial charge in [0.05, 0.1) is 0 Å². The predicted molar refractivity (Wildman–Crippen MR) is 295 cm³/mol. The topological polar surface area (TPSA) is 0 Å². The molecule has 0 bridgehead atoms. The normalized spacial score (nSPS) is 18.6. The lowest BCUT2D eigenvalue weighted by atomic mass is 9.82. The molecule has 0 saturated carbocycles. The molecule has 0 unspecified atom stereocenters. The van der Waals surface area contributed by atoms with E-state index in [2.05, 4.69) is 243 Å². The highest BCUT2D eigenvalue weighted by Gasteiger charge is 2.39. The van der Waals surface area contributed by atoms with Gasteiger partial charge in [-0.3, -0.25) is 0 Å². The zero-order chi connectivity index (χ0) is 45.2. The lowest BCUT2D eigenvalue weighted by molar-refractivity contribution is 0.666. The minimum atomic E-state index is -0.392. The summed E-state index contributed by atoms with van der Waals surface area (Å²) in [6.07, 6.45) is 7.07. The van der Waals surface area contributed by atoms with Crippen LogP contribution in [0.4, 0.5) is 0 Å². The van der Waals surface area contributed by atoms with E-state index in [0.717, 1.165) is 12.3 Å². The molecule has 2 heterocycles. The minimum absolute atomic E-state index is 0.392. The maximum absolute atomic E-state index is 2.54. The summed E-state index contributed by atoms with van der Waals surface area (Å²) in [4.78, 5) is 0. The Hall–Kier alpha value is -6.42. The minimum Gasteiger partial charge on any atom is -0.101 e. The monoisotopic (exact) mass is 910 g/mol. The van der Waals surface area contributed by atoms with Crippen molar-refractivity contribution in [1.29, 1.82) is 0 Å². The second kappa shape index (κ2) is 19.3. The van der Waals surface area contributed by atoms with Gasteiger partial charge in [0.15, 0.2) is 0 Å². The predicted octanol–water partition coefficient (Wildman–Crippen LogP) is 18.1. The number of hydrogen-bond acceptors (Lipinski definition) is 0. The second-order valence-electron chi connectivity index (χ2n) is 19.2. The molecule has 0 amide bonds. The summed E-state index contributed by atoms with van der Waals surface area (Å²) in [6.45, 7) is 0. The quantitative estimate of drug-likeness (QED) is 0.113. The van der Waals surface area contributed by atoms with E-state index in [1.54, 1.807) is 0 Å². The molecule has 0 N–H and O–H groups in total. The first-order valence-electron chi connectivity index (χ1n) is 24.6. The third-order valence-electron chi connectivity index (χ3n) is 15.2. The van der Waals surface area contributed by atoms with Crippen LogP contribution in [-0.4, -0.2) is 24.6 Å². The Morgan fingerprint density at radius 2 is 0.559 bits per heavy atom. The Labute approximate surface area is 405 Å². The van der Waals surface area contributed by atoms with Gasteiger partial charge in [0.1, 0.15) is 0 Å². The molecular weight excluding hydrogens is 855 g/mol. The van der Waals surface area contributed by atoms with E-state index >= 15 is 0 Å². The highest BCUT2D eigenvalue weighted by atomic mass is 31.1. The van der Waals surface area contributed by atoms with Gasteiger partial charge in [-0.05, 0) is 161 Å². The van der Waals surface area contributed by atoms with E-state index in [0.29, 0.717) is 23.7 Å². The number of fused-ring (bicyclic) bond motifs is 2. The standard InChI is InChI=1S/C66H56P2/c1-7-23-47(24-8-1)57-39-53-35-19-21-37-55(53)65(63(57)45-67-41-59(49-27-11-3-12-28-49)60(42-67)50-29-13-4-14-30-50)66-56-38-22-20-36-54(56)40-58(48-25-9-2-10-26-48)64(66)46-68-43-61(51-31-15-5-16-32-51)62(44-68)52-33-17-6-18-34-52/h1-40,59-62H,41-46H2/t59-,60-,61-,62-/m0/s1. The smallest absolute Gasteiger partial charge is 0.00503 e. The van der Waals surface area contributed by atoms with Gasteiger partial charge >= 0.3 is 0 Å². The van der Waals surface area contributed by atoms with Gasteiger partial charge in [0, 0.05) is 0 Å². The van der Waals surface area contributed by atoms with Gasteiger partial charge in [-0.2, -0.15) is 0 Å².